The Bertz CT molecular complexity index is 413. The maximum Gasteiger partial charge on any atom is 0.0701 e. The van der Waals surface area contributed by atoms with Crippen molar-refractivity contribution in [1.82, 2.24) is 0 Å². The summed E-state index contributed by atoms with van der Waals surface area (Å²) in [6.45, 7) is 8.58. The molecule has 0 spiro atoms. The summed E-state index contributed by atoms with van der Waals surface area (Å²) >= 11 is 5.18. The molecule has 2 unspecified atom stereocenters. The summed E-state index contributed by atoms with van der Waals surface area (Å²) in [6.07, 6.45) is 1.01. The zero-order chi connectivity index (χ0) is 12.8. The number of nitrogens with two attached hydrogens (primary N) is 1. The summed E-state index contributed by atoms with van der Waals surface area (Å²) in [4.78, 5) is 0. The molecule has 1 aromatic rings. The van der Waals surface area contributed by atoms with Crippen LogP contribution in [0.15, 0.2) is 15.2 Å². The van der Waals surface area contributed by atoms with Gasteiger partial charge in [0.2, 0.25) is 0 Å². The molecule has 1 fully saturated rings. The zero-order valence-corrected chi connectivity index (χ0v) is 13.2. The molecule has 2 heterocycles. The molecule has 1 aliphatic heterocycles. The van der Waals surface area contributed by atoms with Crippen LogP contribution in [0, 0.1) is 5.92 Å². The number of hydrogen-bond acceptors (Lipinski definition) is 3. The molecule has 2 nitrogen and oxygen atoms in total. The Labute approximate surface area is 116 Å². The minimum atomic E-state index is -0.155. The molecule has 0 aliphatic carbocycles. The van der Waals surface area contributed by atoms with Crippen LogP contribution in [0.2, 0.25) is 0 Å². The van der Waals surface area contributed by atoms with E-state index in [9.17, 15) is 0 Å². The average Bonchev–Trinajstić information content (AvgIpc) is 2.66. The molecule has 4 heteroatoms. The van der Waals surface area contributed by atoms with E-state index in [0.717, 1.165) is 10.2 Å². The lowest BCUT2D eigenvalue weighted by Gasteiger charge is -2.30. The van der Waals surface area contributed by atoms with Crippen LogP contribution in [-0.2, 0) is 4.74 Å². The Morgan fingerprint density at radius 2 is 2.12 bits per heavy atom. The first kappa shape index (κ1) is 13.5. The second-order valence-electron chi connectivity index (χ2n) is 5.99. The van der Waals surface area contributed by atoms with Gasteiger partial charge >= 0.3 is 0 Å². The summed E-state index contributed by atoms with van der Waals surface area (Å²) in [7, 11) is 0. The highest BCUT2D eigenvalue weighted by molar-refractivity contribution is 9.11. The van der Waals surface area contributed by atoms with E-state index < -0.39 is 0 Å². The fourth-order valence-corrected chi connectivity index (χ4v) is 4.12. The van der Waals surface area contributed by atoms with Gasteiger partial charge in [0, 0.05) is 12.0 Å². The van der Waals surface area contributed by atoms with Gasteiger partial charge in [-0.15, -0.1) is 11.3 Å². The Morgan fingerprint density at radius 1 is 1.47 bits per heavy atom. The van der Waals surface area contributed by atoms with Crippen molar-refractivity contribution in [2.24, 2.45) is 11.7 Å². The lowest BCUT2D eigenvalue weighted by molar-refractivity contribution is -0.0767. The van der Waals surface area contributed by atoms with Crippen molar-refractivity contribution in [2.75, 3.05) is 0 Å². The van der Waals surface area contributed by atoms with Gasteiger partial charge in [-0.1, -0.05) is 0 Å². The Balaban J connectivity index is 2.23. The molecule has 2 rings (SSSR count). The van der Waals surface area contributed by atoms with E-state index in [1.807, 2.05) is 0 Å². The van der Waals surface area contributed by atoms with Gasteiger partial charge in [0.25, 0.3) is 0 Å². The van der Waals surface area contributed by atoms with Crippen LogP contribution in [0.25, 0.3) is 0 Å². The van der Waals surface area contributed by atoms with Crippen molar-refractivity contribution in [1.29, 1.82) is 0 Å². The Morgan fingerprint density at radius 3 is 2.53 bits per heavy atom. The van der Waals surface area contributed by atoms with E-state index >= 15 is 0 Å². The first-order valence-corrected chi connectivity index (χ1v) is 7.58. The van der Waals surface area contributed by atoms with Gasteiger partial charge in [-0.25, -0.2) is 0 Å². The molecule has 0 aromatic carbocycles. The second-order valence-corrected chi connectivity index (χ2v) is 8.28. The summed E-state index contributed by atoms with van der Waals surface area (Å²) in [5, 5.41) is 2.14. The fraction of sp³-hybridized carbons (Fsp3) is 0.692. The smallest absolute Gasteiger partial charge is 0.0701 e. The summed E-state index contributed by atoms with van der Waals surface area (Å²) in [6, 6.07) is 2.17. The number of rotatable bonds is 2. The minimum absolute atomic E-state index is 0.0503. The van der Waals surface area contributed by atoms with Crippen LogP contribution in [0.1, 0.15) is 45.7 Å². The van der Waals surface area contributed by atoms with Crippen molar-refractivity contribution < 1.29 is 4.74 Å². The zero-order valence-electron chi connectivity index (χ0n) is 10.8. The molecule has 0 saturated carbocycles. The number of halogens is 1. The standard InChI is InChI=1S/C13H20BrNOS/c1-12(2)6-9(13(3,4)16-12)11(15)8-5-10(14)17-7-8/h5,7,9,11H,6,15H2,1-4H3. The molecular formula is C13H20BrNOS. The van der Waals surface area contributed by atoms with E-state index in [1.54, 1.807) is 11.3 Å². The highest BCUT2D eigenvalue weighted by atomic mass is 79.9. The van der Waals surface area contributed by atoms with Gasteiger partial charge in [-0.3, -0.25) is 0 Å². The molecule has 0 radical (unpaired) electrons. The van der Waals surface area contributed by atoms with Crippen LogP contribution in [0.5, 0.6) is 0 Å². The summed E-state index contributed by atoms with van der Waals surface area (Å²) in [5.74, 6) is 0.360. The van der Waals surface area contributed by atoms with E-state index in [2.05, 4.69) is 55.1 Å². The van der Waals surface area contributed by atoms with Crippen molar-refractivity contribution in [3.8, 4) is 0 Å². The van der Waals surface area contributed by atoms with E-state index in [4.69, 9.17) is 10.5 Å². The van der Waals surface area contributed by atoms with Crippen molar-refractivity contribution in [3.05, 3.63) is 20.8 Å². The monoisotopic (exact) mass is 317 g/mol. The second kappa shape index (κ2) is 4.34. The SMILES string of the molecule is CC1(C)CC(C(N)c2csc(Br)c2)C(C)(C)O1. The first-order chi connectivity index (χ1) is 7.71. The summed E-state index contributed by atoms with van der Waals surface area (Å²) < 4.78 is 7.25. The normalized spacial score (nSPS) is 28.2. The van der Waals surface area contributed by atoms with Crippen LogP contribution in [0.4, 0.5) is 0 Å². The molecule has 17 heavy (non-hydrogen) atoms. The van der Waals surface area contributed by atoms with E-state index in [-0.39, 0.29) is 17.2 Å². The van der Waals surface area contributed by atoms with Crippen LogP contribution in [0.3, 0.4) is 0 Å². The number of ether oxygens (including phenoxy) is 1. The third-order valence-electron chi connectivity index (χ3n) is 3.55. The Kier molecular flexibility index (Phi) is 3.45. The highest BCUT2D eigenvalue weighted by Crippen LogP contribution is 2.47. The van der Waals surface area contributed by atoms with E-state index in [0.29, 0.717) is 5.92 Å². The van der Waals surface area contributed by atoms with Gasteiger partial charge in [0.1, 0.15) is 0 Å². The number of thiophene rings is 1. The van der Waals surface area contributed by atoms with Gasteiger partial charge in [0.15, 0.2) is 0 Å². The molecule has 0 bridgehead atoms. The lowest BCUT2D eigenvalue weighted by Crippen LogP contribution is -2.35. The average molecular weight is 318 g/mol. The van der Waals surface area contributed by atoms with E-state index in [1.165, 1.54) is 5.56 Å². The molecule has 1 aromatic heterocycles. The highest BCUT2D eigenvalue weighted by Gasteiger charge is 2.48. The van der Waals surface area contributed by atoms with Gasteiger partial charge < -0.3 is 10.5 Å². The topological polar surface area (TPSA) is 35.2 Å². The largest absolute Gasteiger partial charge is 0.369 e. The predicted octanol–water partition coefficient (Wildman–Crippen LogP) is 4.10. The predicted molar refractivity (Wildman–Crippen MR) is 76.3 cm³/mol. The number of hydrogen-bond donors (Lipinski definition) is 1. The van der Waals surface area contributed by atoms with Gasteiger partial charge in [0.05, 0.1) is 15.0 Å². The molecule has 2 N–H and O–H groups in total. The molecule has 0 amide bonds. The molecular weight excluding hydrogens is 298 g/mol. The first-order valence-electron chi connectivity index (χ1n) is 5.91. The van der Waals surface area contributed by atoms with Crippen molar-refractivity contribution >= 4 is 27.3 Å². The third-order valence-corrected chi connectivity index (χ3v) is 5.07. The molecule has 2 atom stereocenters. The van der Waals surface area contributed by atoms with Gasteiger partial charge in [-0.05, 0) is 67.1 Å². The molecule has 96 valence electrons. The molecule has 1 saturated heterocycles. The third kappa shape index (κ3) is 2.75. The quantitative estimate of drug-likeness (QED) is 0.891. The maximum atomic E-state index is 6.42. The fourth-order valence-electron chi connectivity index (χ4n) is 2.89. The Hall–Kier alpha value is 0.1000. The lowest BCUT2D eigenvalue weighted by atomic mass is 9.80. The minimum Gasteiger partial charge on any atom is -0.369 e. The van der Waals surface area contributed by atoms with Gasteiger partial charge in [-0.2, -0.15) is 0 Å². The summed E-state index contributed by atoms with van der Waals surface area (Å²) in [5.41, 5.74) is 7.40. The van der Waals surface area contributed by atoms with Crippen molar-refractivity contribution in [2.45, 2.75) is 51.4 Å². The van der Waals surface area contributed by atoms with Crippen LogP contribution < -0.4 is 5.73 Å². The van der Waals surface area contributed by atoms with Crippen LogP contribution in [-0.4, -0.2) is 11.2 Å². The van der Waals surface area contributed by atoms with Crippen LogP contribution >= 0.6 is 27.3 Å². The van der Waals surface area contributed by atoms with Crippen molar-refractivity contribution in [3.63, 3.8) is 0 Å². The maximum absolute atomic E-state index is 6.42. The molecule has 1 aliphatic rings.